The van der Waals surface area contributed by atoms with E-state index in [-0.39, 0.29) is 24.7 Å². The van der Waals surface area contributed by atoms with Gasteiger partial charge >= 0.3 is 5.97 Å². The molecular weight excluding hydrogens is 380 g/mol. The highest BCUT2D eigenvalue weighted by molar-refractivity contribution is 6.07. The molecule has 1 fully saturated rings. The fourth-order valence-corrected chi connectivity index (χ4v) is 3.69. The van der Waals surface area contributed by atoms with Crippen molar-refractivity contribution in [3.05, 3.63) is 65.7 Å². The zero-order valence-electron chi connectivity index (χ0n) is 17.0. The van der Waals surface area contributed by atoms with Crippen LogP contribution in [0.5, 0.6) is 0 Å². The number of hydrogen-bond acceptors (Lipinski definition) is 5. The van der Waals surface area contributed by atoms with E-state index in [0.29, 0.717) is 11.3 Å². The smallest absolute Gasteiger partial charge is 0.308 e. The minimum absolute atomic E-state index is 0.00144. The number of esters is 1. The number of rotatable bonds is 8. The zero-order valence-corrected chi connectivity index (χ0v) is 17.0. The maximum Gasteiger partial charge on any atom is 0.308 e. The maximum absolute atomic E-state index is 12.9. The number of hydrogen-bond donors (Lipinski definition) is 2. The summed E-state index contributed by atoms with van der Waals surface area (Å²) in [5.74, 6) is -1.01. The lowest BCUT2D eigenvalue weighted by atomic mass is 9.83. The number of nitrogens with one attached hydrogen (secondary N) is 1. The van der Waals surface area contributed by atoms with Crippen LogP contribution in [0.4, 0.5) is 5.69 Å². The molecule has 1 amide bonds. The summed E-state index contributed by atoms with van der Waals surface area (Å²) in [6.45, 7) is 0.132. The number of para-hydroxylation sites is 1. The second kappa shape index (κ2) is 10.7. The number of amides is 1. The SMILES string of the molecule is N[C@@H](CC(=O)OCc1ccccc1)C(=O)Nc1ccccc1C(=O)C1CCCCC1. The van der Waals surface area contributed by atoms with Gasteiger partial charge in [0.1, 0.15) is 6.61 Å². The van der Waals surface area contributed by atoms with Crippen LogP contribution in [-0.2, 0) is 20.9 Å². The van der Waals surface area contributed by atoms with Crippen molar-refractivity contribution in [1.82, 2.24) is 0 Å². The third-order valence-electron chi connectivity index (χ3n) is 5.39. The minimum Gasteiger partial charge on any atom is -0.461 e. The van der Waals surface area contributed by atoms with Crippen LogP contribution in [0.25, 0.3) is 0 Å². The molecule has 2 aromatic carbocycles. The van der Waals surface area contributed by atoms with Crippen molar-refractivity contribution in [2.24, 2.45) is 11.7 Å². The molecule has 158 valence electrons. The van der Waals surface area contributed by atoms with Gasteiger partial charge in [-0.1, -0.05) is 61.7 Å². The van der Waals surface area contributed by atoms with E-state index in [1.54, 1.807) is 24.3 Å². The number of ketones is 1. The summed E-state index contributed by atoms with van der Waals surface area (Å²) >= 11 is 0. The summed E-state index contributed by atoms with van der Waals surface area (Å²) in [7, 11) is 0. The van der Waals surface area contributed by atoms with Gasteiger partial charge < -0.3 is 15.8 Å². The van der Waals surface area contributed by atoms with Crippen molar-refractivity contribution >= 4 is 23.3 Å². The second-order valence-electron chi connectivity index (χ2n) is 7.69. The van der Waals surface area contributed by atoms with Crippen LogP contribution in [0.1, 0.15) is 54.4 Å². The van der Waals surface area contributed by atoms with Crippen molar-refractivity contribution < 1.29 is 19.1 Å². The van der Waals surface area contributed by atoms with Crippen molar-refractivity contribution in [2.45, 2.75) is 51.2 Å². The average Bonchev–Trinajstić information content (AvgIpc) is 2.79. The highest BCUT2D eigenvalue weighted by atomic mass is 16.5. The second-order valence-corrected chi connectivity index (χ2v) is 7.69. The van der Waals surface area contributed by atoms with E-state index in [4.69, 9.17) is 10.5 Å². The molecule has 3 N–H and O–H groups in total. The van der Waals surface area contributed by atoms with E-state index in [0.717, 1.165) is 37.7 Å². The van der Waals surface area contributed by atoms with E-state index in [9.17, 15) is 14.4 Å². The number of Topliss-reactive ketones (excluding diaryl/α,β-unsaturated/α-hetero) is 1. The van der Waals surface area contributed by atoms with Crippen LogP contribution in [0.2, 0.25) is 0 Å². The molecule has 0 aliphatic heterocycles. The normalized spacial score (nSPS) is 15.2. The Morgan fingerprint density at radius 1 is 0.967 bits per heavy atom. The van der Waals surface area contributed by atoms with Gasteiger partial charge in [-0.2, -0.15) is 0 Å². The fourth-order valence-electron chi connectivity index (χ4n) is 3.69. The molecule has 1 aliphatic carbocycles. The van der Waals surface area contributed by atoms with E-state index in [2.05, 4.69) is 5.32 Å². The monoisotopic (exact) mass is 408 g/mol. The summed E-state index contributed by atoms with van der Waals surface area (Å²) in [5.41, 5.74) is 7.70. The molecule has 0 bridgehead atoms. The topological polar surface area (TPSA) is 98.5 Å². The Morgan fingerprint density at radius 2 is 1.63 bits per heavy atom. The van der Waals surface area contributed by atoms with Crippen LogP contribution in [0.3, 0.4) is 0 Å². The molecule has 0 heterocycles. The van der Waals surface area contributed by atoms with Crippen LogP contribution in [-0.4, -0.2) is 23.7 Å². The summed E-state index contributed by atoms with van der Waals surface area (Å²) in [6.07, 6.45) is 4.80. The van der Waals surface area contributed by atoms with Crippen LogP contribution in [0, 0.1) is 5.92 Å². The van der Waals surface area contributed by atoms with Crippen molar-refractivity contribution in [3.8, 4) is 0 Å². The number of carbonyl (C=O) groups is 3. The lowest BCUT2D eigenvalue weighted by molar-refractivity contribution is -0.146. The molecule has 0 aromatic heterocycles. The Labute approximate surface area is 176 Å². The Hall–Kier alpha value is -2.99. The predicted octanol–water partition coefficient (Wildman–Crippen LogP) is 3.85. The molecule has 6 heteroatoms. The maximum atomic E-state index is 12.9. The zero-order chi connectivity index (χ0) is 21.3. The van der Waals surface area contributed by atoms with Crippen molar-refractivity contribution in [1.29, 1.82) is 0 Å². The Kier molecular flexibility index (Phi) is 7.74. The van der Waals surface area contributed by atoms with Crippen LogP contribution >= 0.6 is 0 Å². The fraction of sp³-hybridized carbons (Fsp3) is 0.375. The molecule has 6 nitrogen and oxygen atoms in total. The number of carbonyl (C=O) groups excluding carboxylic acids is 3. The van der Waals surface area contributed by atoms with Gasteiger partial charge in [-0.05, 0) is 30.5 Å². The number of ether oxygens (including phenoxy) is 1. The molecule has 0 saturated heterocycles. The first-order chi connectivity index (χ1) is 14.5. The molecule has 0 unspecified atom stereocenters. The molecule has 30 heavy (non-hydrogen) atoms. The number of anilines is 1. The van der Waals surface area contributed by atoms with Crippen molar-refractivity contribution in [3.63, 3.8) is 0 Å². The van der Waals surface area contributed by atoms with Gasteiger partial charge in [-0.25, -0.2) is 0 Å². The molecule has 1 atom stereocenters. The Bertz CT molecular complexity index is 876. The van der Waals surface area contributed by atoms with Crippen LogP contribution in [0.15, 0.2) is 54.6 Å². The van der Waals surface area contributed by atoms with Gasteiger partial charge in [0.2, 0.25) is 5.91 Å². The predicted molar refractivity (Wildman–Crippen MR) is 115 cm³/mol. The van der Waals surface area contributed by atoms with E-state index < -0.39 is 17.9 Å². The molecule has 1 aliphatic rings. The first-order valence-electron chi connectivity index (χ1n) is 10.4. The third-order valence-corrected chi connectivity index (χ3v) is 5.39. The molecular formula is C24H28N2O4. The lowest BCUT2D eigenvalue weighted by Crippen LogP contribution is -2.38. The lowest BCUT2D eigenvalue weighted by Gasteiger charge is -2.22. The summed E-state index contributed by atoms with van der Waals surface area (Å²) < 4.78 is 5.19. The molecule has 2 aromatic rings. The Morgan fingerprint density at radius 3 is 2.37 bits per heavy atom. The number of nitrogens with two attached hydrogens (primary N) is 1. The number of benzene rings is 2. The average molecular weight is 408 g/mol. The summed E-state index contributed by atoms with van der Waals surface area (Å²) in [6, 6.07) is 15.2. The highest BCUT2D eigenvalue weighted by Gasteiger charge is 2.25. The summed E-state index contributed by atoms with van der Waals surface area (Å²) in [4.78, 5) is 37.5. The van der Waals surface area contributed by atoms with Gasteiger partial charge in [0.25, 0.3) is 0 Å². The Balaban J connectivity index is 1.56. The van der Waals surface area contributed by atoms with Gasteiger partial charge in [0.05, 0.1) is 18.2 Å². The highest BCUT2D eigenvalue weighted by Crippen LogP contribution is 2.29. The first kappa shape index (κ1) is 21.7. The van der Waals surface area contributed by atoms with E-state index in [1.165, 1.54) is 0 Å². The van der Waals surface area contributed by atoms with Crippen molar-refractivity contribution in [2.75, 3.05) is 5.32 Å². The molecule has 3 rings (SSSR count). The molecule has 0 spiro atoms. The first-order valence-corrected chi connectivity index (χ1v) is 10.4. The van der Waals surface area contributed by atoms with Gasteiger partial charge in [0, 0.05) is 11.5 Å². The largest absolute Gasteiger partial charge is 0.461 e. The van der Waals surface area contributed by atoms with Crippen LogP contribution < -0.4 is 11.1 Å². The van der Waals surface area contributed by atoms with Gasteiger partial charge in [-0.3, -0.25) is 14.4 Å². The summed E-state index contributed by atoms with van der Waals surface area (Å²) in [5, 5.41) is 2.72. The quantitative estimate of drug-likeness (QED) is 0.511. The standard InChI is InChI=1S/C24H28N2O4/c25-20(15-22(27)30-16-17-9-3-1-4-10-17)24(29)26-21-14-8-7-13-19(21)23(28)18-11-5-2-6-12-18/h1,3-4,7-10,13-14,18,20H,2,5-6,11-12,15-16,25H2,(H,26,29)/t20-/m0/s1. The minimum atomic E-state index is -1.06. The van der Waals surface area contributed by atoms with E-state index >= 15 is 0 Å². The third kappa shape index (κ3) is 6.00. The van der Waals surface area contributed by atoms with Gasteiger partial charge in [-0.15, -0.1) is 0 Å². The van der Waals surface area contributed by atoms with E-state index in [1.807, 2.05) is 30.3 Å². The molecule has 0 radical (unpaired) electrons. The van der Waals surface area contributed by atoms with Gasteiger partial charge in [0.15, 0.2) is 5.78 Å². The molecule has 1 saturated carbocycles.